The van der Waals surface area contributed by atoms with Gasteiger partial charge in [-0.25, -0.2) is 9.48 Å². The molecule has 114 valence electrons. The van der Waals surface area contributed by atoms with E-state index < -0.39 is 5.97 Å². The van der Waals surface area contributed by atoms with E-state index in [1.54, 1.807) is 24.3 Å². The highest BCUT2D eigenvalue weighted by Crippen LogP contribution is 2.34. The van der Waals surface area contributed by atoms with Gasteiger partial charge in [0.1, 0.15) is 5.82 Å². The lowest BCUT2D eigenvalue weighted by Crippen LogP contribution is -2.05. The highest BCUT2D eigenvalue weighted by atomic mass is 16.4. The third kappa shape index (κ3) is 2.26. The molecule has 0 saturated heterocycles. The zero-order chi connectivity index (χ0) is 15.8. The summed E-state index contributed by atoms with van der Waals surface area (Å²) in [5, 5.41) is 17.2. The van der Waals surface area contributed by atoms with Crippen LogP contribution in [-0.2, 0) is 6.42 Å². The minimum absolute atomic E-state index is 0.272. The van der Waals surface area contributed by atoms with E-state index in [4.69, 9.17) is 10.2 Å². The maximum absolute atomic E-state index is 11.0. The van der Waals surface area contributed by atoms with Crippen molar-refractivity contribution in [3.05, 3.63) is 65.7 Å². The number of nitrogens with one attached hydrogen (secondary N) is 1. The van der Waals surface area contributed by atoms with Crippen LogP contribution in [0.5, 0.6) is 0 Å². The number of hydrogen-bond acceptors (Lipinski definition) is 3. The number of anilines is 1. The van der Waals surface area contributed by atoms with Crippen molar-refractivity contribution >= 4 is 11.8 Å². The molecule has 1 aromatic heterocycles. The zero-order valence-electron chi connectivity index (χ0n) is 12.4. The highest BCUT2D eigenvalue weighted by molar-refractivity contribution is 5.87. The number of carboxylic acids is 1. The SMILES string of the molecule is O=C(O)c1ccc(-n2nc(-c3ccccc3)c3c2NCC3)cc1. The number of nitrogens with zero attached hydrogens (tertiary/aromatic N) is 2. The number of aromatic nitrogens is 2. The van der Waals surface area contributed by atoms with Crippen LogP contribution in [0.15, 0.2) is 54.6 Å². The third-order valence-corrected chi connectivity index (χ3v) is 4.06. The molecule has 3 aromatic rings. The van der Waals surface area contributed by atoms with Crippen LogP contribution in [0, 0.1) is 0 Å². The maximum Gasteiger partial charge on any atom is 0.335 e. The average molecular weight is 305 g/mol. The Balaban J connectivity index is 1.82. The molecule has 0 radical (unpaired) electrons. The van der Waals surface area contributed by atoms with E-state index in [9.17, 15) is 4.79 Å². The van der Waals surface area contributed by atoms with Crippen LogP contribution in [0.3, 0.4) is 0 Å². The van der Waals surface area contributed by atoms with Gasteiger partial charge >= 0.3 is 5.97 Å². The molecule has 0 saturated carbocycles. The molecule has 2 aromatic carbocycles. The van der Waals surface area contributed by atoms with Gasteiger partial charge in [-0.3, -0.25) is 0 Å². The van der Waals surface area contributed by atoms with Crippen LogP contribution in [0.1, 0.15) is 15.9 Å². The van der Waals surface area contributed by atoms with Gasteiger partial charge in [0.2, 0.25) is 0 Å². The van der Waals surface area contributed by atoms with Crippen molar-refractivity contribution < 1.29 is 9.90 Å². The molecule has 2 N–H and O–H groups in total. The van der Waals surface area contributed by atoms with Crippen LogP contribution in [0.25, 0.3) is 16.9 Å². The van der Waals surface area contributed by atoms with Gasteiger partial charge < -0.3 is 10.4 Å². The summed E-state index contributed by atoms with van der Waals surface area (Å²) >= 11 is 0. The van der Waals surface area contributed by atoms with E-state index in [0.717, 1.165) is 35.7 Å². The molecule has 0 aliphatic carbocycles. The second-order valence-corrected chi connectivity index (χ2v) is 5.48. The average Bonchev–Trinajstić information content (AvgIpc) is 3.18. The van der Waals surface area contributed by atoms with Gasteiger partial charge in [0.15, 0.2) is 0 Å². The molecule has 0 atom stereocenters. The summed E-state index contributed by atoms with van der Waals surface area (Å²) in [6.45, 7) is 0.889. The quantitative estimate of drug-likeness (QED) is 0.780. The molecule has 0 fully saturated rings. The first-order valence-electron chi connectivity index (χ1n) is 7.49. The topological polar surface area (TPSA) is 67.1 Å². The number of fused-ring (bicyclic) bond motifs is 1. The Hall–Kier alpha value is -3.08. The maximum atomic E-state index is 11.0. The zero-order valence-corrected chi connectivity index (χ0v) is 12.4. The van der Waals surface area contributed by atoms with E-state index in [0.29, 0.717) is 0 Å². The van der Waals surface area contributed by atoms with E-state index in [-0.39, 0.29) is 5.56 Å². The predicted molar refractivity (Wildman–Crippen MR) is 88.2 cm³/mol. The lowest BCUT2D eigenvalue weighted by atomic mass is 10.1. The number of carboxylic acid groups (broad SMARTS) is 1. The van der Waals surface area contributed by atoms with Crippen LogP contribution < -0.4 is 5.32 Å². The van der Waals surface area contributed by atoms with E-state index in [1.165, 1.54) is 5.56 Å². The molecule has 2 heterocycles. The van der Waals surface area contributed by atoms with Gasteiger partial charge in [0.25, 0.3) is 0 Å². The van der Waals surface area contributed by atoms with Crippen molar-refractivity contribution in [1.82, 2.24) is 9.78 Å². The first kappa shape index (κ1) is 13.6. The standard InChI is InChI=1S/C18H15N3O2/c22-18(23)13-6-8-14(9-7-13)21-17-15(10-11-19-17)16(20-21)12-4-2-1-3-5-12/h1-9,19H,10-11H2,(H,22,23). The first-order chi connectivity index (χ1) is 11.2. The molecule has 1 aliphatic heterocycles. The largest absolute Gasteiger partial charge is 0.478 e. The number of benzene rings is 2. The van der Waals surface area contributed by atoms with Crippen molar-refractivity contribution in [3.8, 4) is 16.9 Å². The summed E-state index contributed by atoms with van der Waals surface area (Å²) in [4.78, 5) is 11.0. The predicted octanol–water partition coefficient (Wildman–Crippen LogP) is 3.21. The van der Waals surface area contributed by atoms with Gasteiger partial charge in [-0.1, -0.05) is 30.3 Å². The third-order valence-electron chi connectivity index (χ3n) is 4.06. The summed E-state index contributed by atoms with van der Waals surface area (Å²) in [7, 11) is 0. The molecule has 1 aliphatic rings. The van der Waals surface area contributed by atoms with E-state index in [2.05, 4.69) is 17.4 Å². The summed E-state index contributed by atoms with van der Waals surface area (Å²) in [5.41, 5.74) is 4.40. The Morgan fingerprint density at radius 1 is 1.09 bits per heavy atom. The molecule has 4 rings (SSSR count). The normalized spacial score (nSPS) is 12.7. The van der Waals surface area contributed by atoms with Gasteiger partial charge in [-0.05, 0) is 30.7 Å². The Labute approximate surface area is 133 Å². The molecule has 0 bridgehead atoms. The molecule has 5 nitrogen and oxygen atoms in total. The number of rotatable bonds is 3. The van der Waals surface area contributed by atoms with Gasteiger partial charge in [-0.2, -0.15) is 5.10 Å². The fourth-order valence-corrected chi connectivity index (χ4v) is 2.93. The minimum Gasteiger partial charge on any atom is -0.478 e. The van der Waals surface area contributed by atoms with Crippen molar-refractivity contribution in [2.75, 3.05) is 11.9 Å². The molecule has 0 amide bonds. The highest BCUT2D eigenvalue weighted by Gasteiger charge is 2.23. The molecule has 0 spiro atoms. The summed E-state index contributed by atoms with van der Waals surface area (Å²) in [6.07, 6.45) is 0.937. The Morgan fingerprint density at radius 3 is 2.52 bits per heavy atom. The smallest absolute Gasteiger partial charge is 0.335 e. The second-order valence-electron chi connectivity index (χ2n) is 5.48. The van der Waals surface area contributed by atoms with Crippen molar-refractivity contribution in [2.24, 2.45) is 0 Å². The lowest BCUT2D eigenvalue weighted by Gasteiger charge is -2.06. The Bertz CT molecular complexity index is 867. The van der Waals surface area contributed by atoms with Crippen LogP contribution in [-0.4, -0.2) is 27.4 Å². The fourth-order valence-electron chi connectivity index (χ4n) is 2.93. The molecular formula is C18H15N3O2. The van der Waals surface area contributed by atoms with Crippen LogP contribution in [0.4, 0.5) is 5.82 Å². The molecular weight excluding hydrogens is 290 g/mol. The first-order valence-corrected chi connectivity index (χ1v) is 7.49. The van der Waals surface area contributed by atoms with Crippen molar-refractivity contribution in [2.45, 2.75) is 6.42 Å². The second kappa shape index (κ2) is 5.28. The van der Waals surface area contributed by atoms with Gasteiger partial charge in [0.05, 0.1) is 16.9 Å². The fraction of sp³-hybridized carbons (Fsp3) is 0.111. The van der Waals surface area contributed by atoms with E-state index in [1.807, 2.05) is 22.9 Å². The summed E-state index contributed by atoms with van der Waals surface area (Å²) in [5.74, 6) is 0.0669. The van der Waals surface area contributed by atoms with Gasteiger partial charge in [0, 0.05) is 17.7 Å². The lowest BCUT2D eigenvalue weighted by molar-refractivity contribution is 0.0697. The number of aromatic carboxylic acids is 1. The van der Waals surface area contributed by atoms with Crippen LogP contribution in [0.2, 0.25) is 0 Å². The van der Waals surface area contributed by atoms with Crippen LogP contribution >= 0.6 is 0 Å². The Kier molecular flexibility index (Phi) is 3.12. The number of carbonyl (C=O) groups is 1. The van der Waals surface area contributed by atoms with Gasteiger partial charge in [-0.15, -0.1) is 0 Å². The molecule has 5 heteroatoms. The Morgan fingerprint density at radius 2 is 1.83 bits per heavy atom. The monoisotopic (exact) mass is 305 g/mol. The molecule has 23 heavy (non-hydrogen) atoms. The van der Waals surface area contributed by atoms with Crippen molar-refractivity contribution in [3.63, 3.8) is 0 Å². The minimum atomic E-state index is -0.926. The van der Waals surface area contributed by atoms with Crippen molar-refractivity contribution in [1.29, 1.82) is 0 Å². The summed E-state index contributed by atoms with van der Waals surface area (Å²) < 4.78 is 1.86. The number of hydrogen-bond donors (Lipinski definition) is 2. The van der Waals surface area contributed by atoms with E-state index >= 15 is 0 Å². The molecule has 0 unspecified atom stereocenters. The summed E-state index contributed by atoms with van der Waals surface area (Å²) in [6, 6.07) is 16.9.